The van der Waals surface area contributed by atoms with E-state index in [0.717, 1.165) is 12.0 Å². The van der Waals surface area contributed by atoms with Crippen LogP contribution in [0.25, 0.3) is 0 Å². The van der Waals surface area contributed by atoms with E-state index in [2.05, 4.69) is 18.8 Å². The van der Waals surface area contributed by atoms with Crippen molar-refractivity contribution >= 4 is 34.8 Å². The van der Waals surface area contributed by atoms with Crippen LogP contribution in [0.2, 0.25) is 0 Å². The first-order chi connectivity index (χ1) is 12.9. The van der Waals surface area contributed by atoms with Gasteiger partial charge in [-0.3, -0.25) is 4.79 Å². The Morgan fingerprint density at radius 2 is 1.96 bits per heavy atom. The van der Waals surface area contributed by atoms with Crippen LogP contribution in [-0.4, -0.2) is 34.9 Å². The fraction of sp³-hybridized carbons (Fsp3) is 0.450. The van der Waals surface area contributed by atoms with E-state index < -0.39 is 11.3 Å². The Morgan fingerprint density at radius 1 is 1.26 bits per heavy atom. The second-order valence-corrected chi connectivity index (χ2v) is 7.94. The first-order valence-corrected chi connectivity index (χ1v) is 10.3. The van der Waals surface area contributed by atoms with E-state index in [1.54, 1.807) is 17.2 Å². The zero-order valence-corrected chi connectivity index (χ0v) is 17.4. The molecule has 0 aliphatic rings. The lowest BCUT2D eigenvalue weighted by Crippen LogP contribution is -2.34. The molecule has 0 saturated carbocycles. The number of rotatable bonds is 9. The molecule has 0 radical (unpaired) electrons. The normalized spacial score (nSPS) is 12.0. The predicted molar refractivity (Wildman–Crippen MR) is 108 cm³/mol. The molecule has 0 aliphatic heterocycles. The minimum atomic E-state index is -0.747. The lowest BCUT2D eigenvalue weighted by atomic mass is 10.1. The maximum absolute atomic E-state index is 13.0. The number of halogens is 1. The van der Waals surface area contributed by atoms with E-state index >= 15 is 0 Å². The zero-order valence-electron chi connectivity index (χ0n) is 15.9. The van der Waals surface area contributed by atoms with Gasteiger partial charge in [-0.1, -0.05) is 44.2 Å². The number of ether oxygens (including phenoxy) is 1. The van der Waals surface area contributed by atoms with E-state index in [4.69, 9.17) is 16.3 Å². The van der Waals surface area contributed by atoms with Crippen molar-refractivity contribution in [1.82, 2.24) is 9.88 Å². The Bertz CT molecular complexity index is 749. The summed E-state index contributed by atoms with van der Waals surface area (Å²) in [7, 11) is 0. The van der Waals surface area contributed by atoms with Crippen molar-refractivity contribution < 1.29 is 14.3 Å². The Labute approximate surface area is 169 Å². The molecule has 1 atom stereocenters. The van der Waals surface area contributed by atoms with E-state index in [0.29, 0.717) is 30.6 Å². The number of hydrogen-bond acceptors (Lipinski definition) is 5. The number of carbonyl (C=O) groups excluding carboxylic acids is 2. The molecule has 1 aromatic heterocycles. The molecule has 0 unspecified atom stereocenters. The van der Waals surface area contributed by atoms with Gasteiger partial charge in [0.25, 0.3) is 0 Å². The molecule has 0 spiro atoms. The number of benzene rings is 1. The summed E-state index contributed by atoms with van der Waals surface area (Å²) in [6.07, 6.45) is 0.861. The third-order valence-corrected chi connectivity index (χ3v) is 5.23. The summed E-state index contributed by atoms with van der Waals surface area (Å²) < 4.78 is 4.97. The van der Waals surface area contributed by atoms with Crippen molar-refractivity contribution in [2.75, 3.05) is 13.2 Å². The first kappa shape index (κ1) is 21.4. The van der Waals surface area contributed by atoms with Gasteiger partial charge in [0.15, 0.2) is 5.69 Å². The second-order valence-electron chi connectivity index (χ2n) is 6.56. The predicted octanol–water partition coefficient (Wildman–Crippen LogP) is 4.67. The van der Waals surface area contributed by atoms with Gasteiger partial charge in [-0.05, 0) is 24.8 Å². The van der Waals surface area contributed by atoms with Crippen LogP contribution in [0, 0.1) is 5.92 Å². The molecule has 1 amide bonds. The van der Waals surface area contributed by atoms with Crippen LogP contribution in [0.4, 0.5) is 0 Å². The van der Waals surface area contributed by atoms with Gasteiger partial charge in [0, 0.05) is 11.9 Å². The number of aromatic nitrogens is 1. The van der Waals surface area contributed by atoms with Gasteiger partial charge < -0.3 is 9.64 Å². The molecule has 7 heteroatoms. The third-order valence-electron chi connectivity index (χ3n) is 3.96. The lowest BCUT2D eigenvalue weighted by Gasteiger charge is -2.25. The highest BCUT2D eigenvalue weighted by Crippen LogP contribution is 2.25. The minimum absolute atomic E-state index is 0.156. The summed E-state index contributed by atoms with van der Waals surface area (Å²) in [6.45, 7) is 7.19. The van der Waals surface area contributed by atoms with E-state index in [-0.39, 0.29) is 11.6 Å². The van der Waals surface area contributed by atoms with Crippen molar-refractivity contribution in [3.63, 3.8) is 0 Å². The molecule has 0 bridgehead atoms. The molecule has 27 heavy (non-hydrogen) atoms. The molecule has 1 heterocycles. The second kappa shape index (κ2) is 10.4. The largest absolute Gasteiger partial charge is 0.461 e. The quantitative estimate of drug-likeness (QED) is 0.446. The maximum Gasteiger partial charge on any atom is 0.357 e. The van der Waals surface area contributed by atoms with E-state index in [1.807, 2.05) is 30.3 Å². The van der Waals surface area contributed by atoms with Crippen LogP contribution in [0.1, 0.15) is 53.6 Å². The Morgan fingerprint density at radius 3 is 2.59 bits per heavy atom. The molecule has 0 N–H and O–H groups in total. The lowest BCUT2D eigenvalue weighted by molar-refractivity contribution is -0.131. The number of nitrogens with zero attached hydrogens (tertiary/aromatic N) is 2. The molecule has 2 aromatic rings. The van der Waals surface area contributed by atoms with Crippen molar-refractivity contribution in [1.29, 1.82) is 0 Å². The number of carbonyl (C=O) groups is 2. The van der Waals surface area contributed by atoms with Gasteiger partial charge in [0.1, 0.15) is 10.4 Å². The highest BCUT2D eigenvalue weighted by Gasteiger charge is 2.25. The van der Waals surface area contributed by atoms with Gasteiger partial charge in [-0.15, -0.1) is 22.9 Å². The van der Waals surface area contributed by atoms with Gasteiger partial charge in [-0.25, -0.2) is 9.78 Å². The summed E-state index contributed by atoms with van der Waals surface area (Å²) >= 11 is 7.79. The molecule has 2 rings (SSSR count). The topological polar surface area (TPSA) is 59.5 Å². The van der Waals surface area contributed by atoms with Crippen LogP contribution in [0.15, 0.2) is 35.7 Å². The van der Waals surface area contributed by atoms with Gasteiger partial charge in [0.05, 0.1) is 13.2 Å². The van der Waals surface area contributed by atoms with Crippen LogP contribution >= 0.6 is 22.9 Å². The molecule has 0 saturated heterocycles. The molecule has 5 nitrogen and oxygen atoms in total. The van der Waals surface area contributed by atoms with Crippen LogP contribution in [0.5, 0.6) is 0 Å². The van der Waals surface area contributed by atoms with Crippen LogP contribution < -0.4 is 0 Å². The monoisotopic (exact) mass is 408 g/mol. The fourth-order valence-corrected chi connectivity index (χ4v) is 3.51. The molecule has 0 aliphatic carbocycles. The highest BCUT2D eigenvalue weighted by atomic mass is 35.5. The minimum Gasteiger partial charge on any atom is -0.461 e. The van der Waals surface area contributed by atoms with Crippen molar-refractivity contribution in [3.8, 4) is 0 Å². The van der Waals surface area contributed by atoms with Crippen LogP contribution in [-0.2, 0) is 16.1 Å². The maximum atomic E-state index is 13.0. The standard InChI is InChI=1S/C20H25ClN2O3S/c1-4-26-20(25)16-13-27-17(22-16)12-23(11-10-14(2)3)19(24)18(21)15-8-6-5-7-9-15/h5-9,13-14,18H,4,10-12H2,1-3H3/t18-/m0/s1. The average molecular weight is 409 g/mol. The number of esters is 1. The van der Waals surface area contributed by atoms with Gasteiger partial charge in [0.2, 0.25) is 5.91 Å². The van der Waals surface area contributed by atoms with Crippen molar-refractivity contribution in [2.24, 2.45) is 5.92 Å². The molecular formula is C20H25ClN2O3S. The number of hydrogen-bond donors (Lipinski definition) is 0. The van der Waals surface area contributed by atoms with Crippen LogP contribution in [0.3, 0.4) is 0 Å². The summed E-state index contributed by atoms with van der Waals surface area (Å²) in [5.41, 5.74) is 1.05. The number of thiazole rings is 1. The Hall–Kier alpha value is -1.92. The average Bonchev–Trinajstić information content (AvgIpc) is 3.13. The molecular weight excluding hydrogens is 384 g/mol. The smallest absolute Gasteiger partial charge is 0.357 e. The van der Waals surface area contributed by atoms with Gasteiger partial charge >= 0.3 is 5.97 Å². The number of alkyl halides is 1. The first-order valence-electron chi connectivity index (χ1n) is 9.01. The summed E-state index contributed by atoms with van der Waals surface area (Å²) in [6, 6.07) is 9.31. The number of amides is 1. The molecule has 0 fully saturated rings. The van der Waals surface area contributed by atoms with E-state index in [9.17, 15) is 9.59 Å². The van der Waals surface area contributed by atoms with E-state index in [1.165, 1.54) is 11.3 Å². The fourth-order valence-electron chi connectivity index (χ4n) is 2.45. The summed E-state index contributed by atoms with van der Waals surface area (Å²) in [5, 5.41) is 1.60. The van der Waals surface area contributed by atoms with Gasteiger partial charge in [-0.2, -0.15) is 0 Å². The molecule has 146 valence electrons. The Kier molecular flexibility index (Phi) is 8.25. The van der Waals surface area contributed by atoms with Crippen molar-refractivity contribution in [3.05, 3.63) is 52.0 Å². The highest BCUT2D eigenvalue weighted by molar-refractivity contribution is 7.09. The van der Waals surface area contributed by atoms with Crippen molar-refractivity contribution in [2.45, 2.75) is 39.1 Å². The molecule has 1 aromatic carbocycles. The summed E-state index contributed by atoms with van der Waals surface area (Å²) in [4.78, 5) is 30.8. The SMILES string of the molecule is CCOC(=O)c1csc(CN(CCC(C)C)C(=O)[C@@H](Cl)c2ccccc2)n1. The summed E-state index contributed by atoms with van der Waals surface area (Å²) in [5.74, 6) is -0.145. The zero-order chi connectivity index (χ0) is 19.8. The third kappa shape index (κ3) is 6.33. The Balaban J connectivity index is 2.14.